The quantitative estimate of drug-likeness (QED) is 0.848. The summed E-state index contributed by atoms with van der Waals surface area (Å²) in [6.45, 7) is 1.93. The molecule has 16 heavy (non-hydrogen) atoms. The fraction of sp³-hybridized carbons (Fsp3) is 0.182. The van der Waals surface area contributed by atoms with Gasteiger partial charge in [0, 0.05) is 12.2 Å². The van der Waals surface area contributed by atoms with Gasteiger partial charge in [0.15, 0.2) is 0 Å². The Balaban J connectivity index is 2.44. The monoisotopic (exact) mass is 347 g/mol. The molecule has 2 aromatic rings. The van der Waals surface area contributed by atoms with Crippen LogP contribution in [0.5, 0.6) is 0 Å². The lowest BCUT2D eigenvalue weighted by molar-refractivity contribution is 0.814. The Morgan fingerprint density at radius 1 is 1.50 bits per heavy atom. The van der Waals surface area contributed by atoms with Crippen molar-refractivity contribution in [1.82, 2.24) is 9.78 Å². The highest BCUT2D eigenvalue weighted by atomic mass is 127. The molecule has 0 bridgehead atoms. The van der Waals surface area contributed by atoms with Crippen molar-refractivity contribution in [3.63, 3.8) is 0 Å². The highest BCUT2D eigenvalue weighted by molar-refractivity contribution is 14.1. The van der Waals surface area contributed by atoms with E-state index in [-0.39, 0.29) is 6.04 Å². The molecular weight excluding hydrogens is 336 g/mol. The number of nitrogens with two attached hydrogens (primary N) is 1. The molecule has 0 unspecified atom stereocenters. The maximum Gasteiger partial charge on any atom is 0.0832 e. The fourth-order valence-corrected chi connectivity index (χ4v) is 2.09. The second-order valence-corrected chi connectivity index (χ2v) is 5.26. The molecule has 0 aliphatic heterocycles. The fourth-order valence-electron chi connectivity index (χ4n) is 1.42. The van der Waals surface area contributed by atoms with Crippen molar-refractivity contribution >= 4 is 34.2 Å². The van der Waals surface area contributed by atoms with Gasteiger partial charge in [0.05, 0.1) is 20.5 Å². The van der Waals surface area contributed by atoms with Crippen molar-refractivity contribution < 1.29 is 0 Å². The van der Waals surface area contributed by atoms with Gasteiger partial charge in [-0.1, -0.05) is 17.7 Å². The molecule has 0 aliphatic carbocycles. The summed E-state index contributed by atoms with van der Waals surface area (Å²) >= 11 is 8.41. The highest BCUT2D eigenvalue weighted by Gasteiger charge is 2.07. The lowest BCUT2D eigenvalue weighted by Gasteiger charge is -2.09. The van der Waals surface area contributed by atoms with Gasteiger partial charge in [-0.3, -0.25) is 0 Å². The van der Waals surface area contributed by atoms with Crippen LogP contribution in [0.15, 0.2) is 30.6 Å². The van der Waals surface area contributed by atoms with Gasteiger partial charge in [-0.15, -0.1) is 0 Å². The van der Waals surface area contributed by atoms with E-state index in [1.165, 1.54) is 0 Å². The molecule has 0 radical (unpaired) electrons. The summed E-state index contributed by atoms with van der Waals surface area (Å²) in [5.74, 6) is 0. The molecule has 0 saturated heterocycles. The Morgan fingerprint density at radius 3 is 2.75 bits per heavy atom. The topological polar surface area (TPSA) is 43.8 Å². The van der Waals surface area contributed by atoms with Gasteiger partial charge in [0.2, 0.25) is 0 Å². The standard InChI is InChI=1S/C11H11ClIN3/c1-7(14)8-2-3-11(10(12)4-8)16-6-9(13)5-15-16/h2-7H,14H2,1H3/t7-/m0/s1. The third-order valence-electron chi connectivity index (χ3n) is 2.30. The summed E-state index contributed by atoms with van der Waals surface area (Å²) in [6.07, 6.45) is 3.71. The molecule has 0 saturated carbocycles. The molecule has 1 aromatic carbocycles. The third-order valence-corrected chi connectivity index (χ3v) is 3.16. The lowest BCUT2D eigenvalue weighted by Crippen LogP contribution is -2.05. The maximum atomic E-state index is 6.20. The van der Waals surface area contributed by atoms with Crippen LogP contribution in [-0.4, -0.2) is 9.78 Å². The van der Waals surface area contributed by atoms with E-state index in [0.29, 0.717) is 5.02 Å². The molecule has 1 aromatic heterocycles. The first-order valence-electron chi connectivity index (χ1n) is 4.83. The van der Waals surface area contributed by atoms with E-state index >= 15 is 0 Å². The van der Waals surface area contributed by atoms with Crippen LogP contribution >= 0.6 is 34.2 Å². The van der Waals surface area contributed by atoms with E-state index < -0.39 is 0 Å². The van der Waals surface area contributed by atoms with Crippen LogP contribution in [0.2, 0.25) is 5.02 Å². The first kappa shape index (κ1) is 11.9. The molecule has 1 heterocycles. The van der Waals surface area contributed by atoms with E-state index in [2.05, 4.69) is 27.7 Å². The molecule has 0 aliphatic rings. The number of hydrogen-bond acceptors (Lipinski definition) is 2. The largest absolute Gasteiger partial charge is 0.324 e. The van der Waals surface area contributed by atoms with Crippen molar-refractivity contribution in [1.29, 1.82) is 0 Å². The molecule has 84 valence electrons. The maximum absolute atomic E-state index is 6.20. The van der Waals surface area contributed by atoms with E-state index in [4.69, 9.17) is 17.3 Å². The predicted molar refractivity (Wildman–Crippen MR) is 73.9 cm³/mol. The molecule has 5 heteroatoms. The number of nitrogens with zero attached hydrogens (tertiary/aromatic N) is 2. The van der Waals surface area contributed by atoms with Gasteiger partial charge in [-0.05, 0) is 47.2 Å². The average molecular weight is 348 g/mol. The molecule has 0 amide bonds. The lowest BCUT2D eigenvalue weighted by atomic mass is 10.1. The van der Waals surface area contributed by atoms with Gasteiger partial charge in [0.25, 0.3) is 0 Å². The number of halogens is 2. The number of rotatable bonds is 2. The van der Waals surface area contributed by atoms with Gasteiger partial charge in [0.1, 0.15) is 0 Å². The second kappa shape index (κ2) is 4.73. The van der Waals surface area contributed by atoms with Crippen molar-refractivity contribution in [2.24, 2.45) is 5.73 Å². The highest BCUT2D eigenvalue weighted by Crippen LogP contribution is 2.24. The summed E-state index contributed by atoms with van der Waals surface area (Å²) < 4.78 is 2.83. The molecule has 1 atom stereocenters. The van der Waals surface area contributed by atoms with Crippen molar-refractivity contribution in [3.05, 3.63) is 44.7 Å². The predicted octanol–water partition coefficient (Wildman–Crippen LogP) is 3.15. The van der Waals surface area contributed by atoms with Crippen molar-refractivity contribution in [2.75, 3.05) is 0 Å². The third kappa shape index (κ3) is 2.39. The Hall–Kier alpha value is -0.590. The van der Waals surface area contributed by atoms with E-state index in [1.54, 1.807) is 10.9 Å². The molecular formula is C11H11ClIN3. The summed E-state index contributed by atoms with van der Waals surface area (Å²) in [5, 5.41) is 4.88. The smallest absolute Gasteiger partial charge is 0.0832 e. The molecule has 2 rings (SSSR count). The van der Waals surface area contributed by atoms with Gasteiger partial charge in [-0.2, -0.15) is 5.10 Å². The van der Waals surface area contributed by atoms with Gasteiger partial charge >= 0.3 is 0 Å². The SMILES string of the molecule is C[C@H](N)c1ccc(-n2cc(I)cn2)c(Cl)c1. The number of benzene rings is 1. The zero-order valence-corrected chi connectivity index (χ0v) is 11.6. The summed E-state index contributed by atoms with van der Waals surface area (Å²) in [7, 11) is 0. The molecule has 3 nitrogen and oxygen atoms in total. The first-order valence-corrected chi connectivity index (χ1v) is 6.29. The average Bonchev–Trinajstić information content (AvgIpc) is 2.64. The Labute approximate surface area is 113 Å². The second-order valence-electron chi connectivity index (χ2n) is 3.60. The Bertz CT molecular complexity index is 508. The van der Waals surface area contributed by atoms with Gasteiger partial charge < -0.3 is 5.73 Å². The van der Waals surface area contributed by atoms with Crippen LogP contribution in [0.4, 0.5) is 0 Å². The number of aromatic nitrogens is 2. The van der Waals surface area contributed by atoms with Crippen LogP contribution in [0.3, 0.4) is 0 Å². The van der Waals surface area contributed by atoms with E-state index in [9.17, 15) is 0 Å². The van der Waals surface area contributed by atoms with Gasteiger partial charge in [-0.25, -0.2) is 4.68 Å². The first-order chi connectivity index (χ1) is 7.58. The minimum absolute atomic E-state index is 0.00990. The van der Waals surface area contributed by atoms with E-state index in [1.807, 2.05) is 31.3 Å². The molecule has 2 N–H and O–H groups in total. The summed E-state index contributed by atoms with van der Waals surface area (Å²) in [6, 6.07) is 5.78. The van der Waals surface area contributed by atoms with Crippen LogP contribution in [0.1, 0.15) is 18.5 Å². The summed E-state index contributed by atoms with van der Waals surface area (Å²) in [4.78, 5) is 0. The van der Waals surface area contributed by atoms with Crippen LogP contribution in [0, 0.1) is 3.57 Å². The van der Waals surface area contributed by atoms with E-state index in [0.717, 1.165) is 14.8 Å². The summed E-state index contributed by atoms with van der Waals surface area (Å²) in [5.41, 5.74) is 7.69. The van der Waals surface area contributed by atoms with Crippen LogP contribution < -0.4 is 5.73 Å². The van der Waals surface area contributed by atoms with Crippen LogP contribution in [0.25, 0.3) is 5.69 Å². The van der Waals surface area contributed by atoms with Crippen molar-refractivity contribution in [3.8, 4) is 5.69 Å². The molecule has 0 spiro atoms. The normalized spacial score (nSPS) is 12.8. The number of hydrogen-bond donors (Lipinski definition) is 1. The van der Waals surface area contributed by atoms with Crippen molar-refractivity contribution in [2.45, 2.75) is 13.0 Å². The Morgan fingerprint density at radius 2 is 2.25 bits per heavy atom. The van der Waals surface area contributed by atoms with Crippen LogP contribution in [-0.2, 0) is 0 Å². The minimum atomic E-state index is -0.00990. The minimum Gasteiger partial charge on any atom is -0.324 e. The molecule has 0 fully saturated rings. The zero-order chi connectivity index (χ0) is 11.7. The Kier molecular flexibility index (Phi) is 3.51. The zero-order valence-electron chi connectivity index (χ0n) is 8.69.